The Morgan fingerprint density at radius 3 is 2.72 bits per heavy atom. The minimum absolute atomic E-state index is 0.0426. The maximum Gasteiger partial charge on any atom is 0.0642 e. The van der Waals surface area contributed by atoms with Crippen molar-refractivity contribution in [1.82, 2.24) is 0 Å². The maximum atomic E-state index is 6.68. The SMILES string of the molecule is CC1CC(C(Cl)c2cccc3ccccc23)CO1. The van der Waals surface area contributed by atoms with Crippen molar-refractivity contribution in [3.8, 4) is 0 Å². The Kier molecular flexibility index (Phi) is 3.27. The predicted octanol–water partition coefficient (Wildman–Crippen LogP) is 4.54. The molecule has 94 valence electrons. The van der Waals surface area contributed by atoms with Crippen molar-refractivity contribution in [1.29, 1.82) is 0 Å². The van der Waals surface area contributed by atoms with Gasteiger partial charge >= 0.3 is 0 Å². The Hall–Kier alpha value is -1.05. The molecule has 1 aliphatic rings. The summed E-state index contributed by atoms with van der Waals surface area (Å²) in [7, 11) is 0. The second kappa shape index (κ2) is 4.91. The van der Waals surface area contributed by atoms with E-state index in [1.165, 1.54) is 16.3 Å². The fourth-order valence-electron chi connectivity index (χ4n) is 2.80. The summed E-state index contributed by atoms with van der Waals surface area (Å²) >= 11 is 6.68. The normalized spacial score (nSPS) is 25.4. The number of benzene rings is 2. The zero-order valence-corrected chi connectivity index (χ0v) is 11.2. The van der Waals surface area contributed by atoms with Gasteiger partial charge in [0.1, 0.15) is 0 Å². The highest BCUT2D eigenvalue weighted by atomic mass is 35.5. The van der Waals surface area contributed by atoms with Crippen LogP contribution < -0.4 is 0 Å². The van der Waals surface area contributed by atoms with Gasteiger partial charge in [0, 0.05) is 5.92 Å². The van der Waals surface area contributed by atoms with E-state index in [4.69, 9.17) is 16.3 Å². The van der Waals surface area contributed by atoms with Gasteiger partial charge in [0.15, 0.2) is 0 Å². The molecule has 0 bridgehead atoms. The third-order valence-corrected chi connectivity index (χ3v) is 4.36. The van der Waals surface area contributed by atoms with Crippen LogP contribution in [0.1, 0.15) is 24.3 Å². The zero-order chi connectivity index (χ0) is 12.5. The van der Waals surface area contributed by atoms with Crippen LogP contribution in [0.4, 0.5) is 0 Å². The molecule has 1 nitrogen and oxygen atoms in total. The molecule has 2 aromatic carbocycles. The molecule has 0 spiro atoms. The van der Waals surface area contributed by atoms with Gasteiger partial charge in [-0.2, -0.15) is 0 Å². The highest BCUT2D eigenvalue weighted by Crippen LogP contribution is 2.39. The summed E-state index contributed by atoms with van der Waals surface area (Å²) in [4.78, 5) is 0. The minimum Gasteiger partial charge on any atom is -0.378 e. The van der Waals surface area contributed by atoms with Gasteiger partial charge in [0.05, 0.1) is 18.1 Å². The first-order valence-corrected chi connectivity index (χ1v) is 6.92. The lowest BCUT2D eigenvalue weighted by Gasteiger charge is -2.18. The number of ether oxygens (including phenoxy) is 1. The Balaban J connectivity index is 1.98. The molecule has 2 heteroatoms. The Morgan fingerprint density at radius 2 is 1.94 bits per heavy atom. The molecule has 1 heterocycles. The van der Waals surface area contributed by atoms with E-state index in [1.807, 2.05) is 0 Å². The molecule has 2 aromatic rings. The first-order chi connectivity index (χ1) is 8.75. The van der Waals surface area contributed by atoms with Crippen molar-refractivity contribution in [3.05, 3.63) is 48.0 Å². The summed E-state index contributed by atoms with van der Waals surface area (Å²) in [5.74, 6) is 0.424. The summed E-state index contributed by atoms with van der Waals surface area (Å²) in [5, 5.41) is 2.56. The molecule has 1 aliphatic heterocycles. The molecule has 1 saturated heterocycles. The first-order valence-electron chi connectivity index (χ1n) is 6.49. The molecule has 0 aromatic heterocycles. The van der Waals surface area contributed by atoms with Crippen LogP contribution in [0.25, 0.3) is 10.8 Å². The van der Waals surface area contributed by atoms with Crippen molar-refractivity contribution < 1.29 is 4.74 Å². The average molecular weight is 261 g/mol. The summed E-state index contributed by atoms with van der Waals surface area (Å²) < 4.78 is 5.64. The van der Waals surface area contributed by atoms with E-state index < -0.39 is 0 Å². The predicted molar refractivity (Wildman–Crippen MR) is 76.1 cm³/mol. The van der Waals surface area contributed by atoms with Gasteiger partial charge < -0.3 is 4.74 Å². The highest BCUT2D eigenvalue weighted by Gasteiger charge is 2.29. The Labute approximate surface area is 113 Å². The molecule has 3 unspecified atom stereocenters. The lowest BCUT2D eigenvalue weighted by molar-refractivity contribution is 0.120. The number of alkyl halides is 1. The topological polar surface area (TPSA) is 9.23 Å². The number of fused-ring (bicyclic) bond motifs is 1. The van der Waals surface area contributed by atoms with Gasteiger partial charge in [-0.1, -0.05) is 42.5 Å². The van der Waals surface area contributed by atoms with Crippen LogP contribution in [0.15, 0.2) is 42.5 Å². The number of hydrogen-bond donors (Lipinski definition) is 0. The molecular weight excluding hydrogens is 244 g/mol. The molecule has 1 fully saturated rings. The van der Waals surface area contributed by atoms with Crippen LogP contribution in [-0.2, 0) is 4.74 Å². The van der Waals surface area contributed by atoms with E-state index in [0.29, 0.717) is 12.0 Å². The summed E-state index contributed by atoms with van der Waals surface area (Å²) in [6.07, 6.45) is 1.39. The smallest absolute Gasteiger partial charge is 0.0642 e. The number of halogens is 1. The van der Waals surface area contributed by atoms with Crippen LogP contribution in [-0.4, -0.2) is 12.7 Å². The monoisotopic (exact) mass is 260 g/mol. The minimum atomic E-state index is 0.0426. The third kappa shape index (κ3) is 2.13. The standard InChI is InChI=1S/C16H17ClO/c1-11-9-13(10-18-11)16(17)15-8-4-6-12-5-2-3-7-14(12)15/h2-8,11,13,16H,9-10H2,1H3. The van der Waals surface area contributed by atoms with Crippen LogP contribution in [0, 0.1) is 5.92 Å². The van der Waals surface area contributed by atoms with E-state index in [1.54, 1.807) is 0 Å². The molecular formula is C16H17ClO. The van der Waals surface area contributed by atoms with E-state index in [0.717, 1.165) is 13.0 Å². The number of hydrogen-bond acceptors (Lipinski definition) is 1. The first kappa shape index (κ1) is 12.0. The molecule has 3 atom stereocenters. The van der Waals surface area contributed by atoms with E-state index in [2.05, 4.69) is 49.4 Å². The maximum absolute atomic E-state index is 6.68. The Bertz CT molecular complexity index is 546. The second-order valence-electron chi connectivity index (χ2n) is 5.11. The Morgan fingerprint density at radius 1 is 1.17 bits per heavy atom. The third-order valence-electron chi connectivity index (χ3n) is 3.76. The lowest BCUT2D eigenvalue weighted by Crippen LogP contribution is -2.08. The van der Waals surface area contributed by atoms with Crippen LogP contribution in [0.5, 0.6) is 0 Å². The molecule has 0 N–H and O–H groups in total. The van der Waals surface area contributed by atoms with Gasteiger partial charge in [-0.25, -0.2) is 0 Å². The zero-order valence-electron chi connectivity index (χ0n) is 10.5. The van der Waals surface area contributed by atoms with E-state index >= 15 is 0 Å². The van der Waals surface area contributed by atoms with Crippen molar-refractivity contribution in [2.45, 2.75) is 24.8 Å². The molecule has 0 aliphatic carbocycles. The van der Waals surface area contributed by atoms with Crippen molar-refractivity contribution in [3.63, 3.8) is 0 Å². The number of rotatable bonds is 2. The van der Waals surface area contributed by atoms with Gasteiger partial charge in [0.2, 0.25) is 0 Å². The summed E-state index contributed by atoms with van der Waals surface area (Å²) in [5.41, 5.74) is 1.23. The molecule has 0 saturated carbocycles. The van der Waals surface area contributed by atoms with Crippen molar-refractivity contribution >= 4 is 22.4 Å². The van der Waals surface area contributed by atoms with Gasteiger partial charge in [-0.3, -0.25) is 0 Å². The lowest BCUT2D eigenvalue weighted by atomic mass is 9.93. The highest BCUT2D eigenvalue weighted by molar-refractivity contribution is 6.22. The largest absolute Gasteiger partial charge is 0.378 e. The molecule has 0 amide bonds. The van der Waals surface area contributed by atoms with Crippen molar-refractivity contribution in [2.75, 3.05) is 6.61 Å². The molecule has 3 rings (SSSR count). The average Bonchev–Trinajstić information content (AvgIpc) is 2.84. The molecule has 0 radical (unpaired) electrons. The fourth-order valence-corrected chi connectivity index (χ4v) is 3.17. The van der Waals surface area contributed by atoms with Crippen LogP contribution in [0.3, 0.4) is 0 Å². The van der Waals surface area contributed by atoms with E-state index in [9.17, 15) is 0 Å². The quantitative estimate of drug-likeness (QED) is 0.720. The summed E-state index contributed by atoms with van der Waals surface area (Å²) in [6.45, 7) is 2.89. The van der Waals surface area contributed by atoms with Gasteiger partial charge in [-0.05, 0) is 29.7 Å². The fraction of sp³-hybridized carbons (Fsp3) is 0.375. The summed E-state index contributed by atoms with van der Waals surface area (Å²) in [6, 6.07) is 14.8. The molecule has 18 heavy (non-hydrogen) atoms. The van der Waals surface area contributed by atoms with Crippen LogP contribution in [0.2, 0.25) is 0 Å². The van der Waals surface area contributed by atoms with Crippen molar-refractivity contribution in [2.24, 2.45) is 5.92 Å². The van der Waals surface area contributed by atoms with E-state index in [-0.39, 0.29) is 5.38 Å². The van der Waals surface area contributed by atoms with Gasteiger partial charge in [0.25, 0.3) is 0 Å². The van der Waals surface area contributed by atoms with Gasteiger partial charge in [-0.15, -0.1) is 11.6 Å². The van der Waals surface area contributed by atoms with Crippen LogP contribution >= 0.6 is 11.6 Å². The second-order valence-corrected chi connectivity index (χ2v) is 5.58.